The highest BCUT2D eigenvalue weighted by molar-refractivity contribution is 7.45. The van der Waals surface area contributed by atoms with E-state index in [2.05, 4.69) is 36.5 Å². The van der Waals surface area contributed by atoms with E-state index in [0.29, 0.717) is 17.4 Å². The van der Waals surface area contributed by atoms with Gasteiger partial charge >= 0.3 is 0 Å². The summed E-state index contributed by atoms with van der Waals surface area (Å²) in [6.45, 7) is 4.22. The quantitative estimate of drug-likeness (QED) is 0.0321. The molecule has 0 fully saturated rings. The topological polar surface area (TPSA) is 108 Å². The van der Waals surface area contributed by atoms with E-state index in [1.807, 2.05) is 34.1 Å². The van der Waals surface area contributed by atoms with Crippen molar-refractivity contribution in [2.24, 2.45) is 0 Å². The van der Waals surface area contributed by atoms with E-state index in [0.717, 1.165) is 25.7 Å². The van der Waals surface area contributed by atoms with Crippen LogP contribution in [-0.2, 0) is 18.4 Å². The van der Waals surface area contributed by atoms with Crippen molar-refractivity contribution in [1.82, 2.24) is 5.32 Å². The predicted octanol–water partition coefficient (Wildman–Crippen LogP) is 8.55. The van der Waals surface area contributed by atoms with Gasteiger partial charge in [0.1, 0.15) is 13.2 Å². The molecule has 8 nitrogen and oxygen atoms in total. The molecule has 0 aromatic carbocycles. The molecule has 0 saturated carbocycles. The van der Waals surface area contributed by atoms with Gasteiger partial charge in [0, 0.05) is 6.42 Å². The van der Waals surface area contributed by atoms with Crippen molar-refractivity contribution in [2.75, 3.05) is 40.9 Å². The Kier molecular flexibility index (Phi) is 29.0. The number of carbonyl (C=O) groups excluding carboxylic acids is 1. The van der Waals surface area contributed by atoms with E-state index in [1.165, 1.54) is 89.9 Å². The molecule has 0 aliphatic carbocycles. The summed E-state index contributed by atoms with van der Waals surface area (Å²) in [6, 6.07) is -0.901. The molecule has 46 heavy (non-hydrogen) atoms. The Bertz CT molecular complexity index is 855. The lowest BCUT2D eigenvalue weighted by Crippen LogP contribution is -2.45. The van der Waals surface area contributed by atoms with Crippen LogP contribution in [0.15, 0.2) is 36.5 Å². The largest absolute Gasteiger partial charge is 0.756 e. The number of phosphoric ester groups is 1. The minimum absolute atomic E-state index is 0.0110. The van der Waals surface area contributed by atoms with Crippen LogP contribution < -0.4 is 10.2 Å². The van der Waals surface area contributed by atoms with Crippen LogP contribution in [0.5, 0.6) is 0 Å². The summed E-state index contributed by atoms with van der Waals surface area (Å²) < 4.78 is 22.7. The lowest BCUT2D eigenvalue weighted by atomic mass is 10.0. The number of hydrogen-bond acceptors (Lipinski definition) is 6. The van der Waals surface area contributed by atoms with Gasteiger partial charge in [-0.25, -0.2) is 0 Å². The average molecular weight is 671 g/mol. The van der Waals surface area contributed by atoms with Gasteiger partial charge in [0.05, 0.1) is 39.9 Å². The van der Waals surface area contributed by atoms with Crippen LogP contribution in [0.2, 0.25) is 0 Å². The van der Waals surface area contributed by atoms with Crippen molar-refractivity contribution < 1.29 is 32.9 Å². The minimum atomic E-state index is -4.56. The molecule has 0 spiro atoms. The lowest BCUT2D eigenvalue weighted by molar-refractivity contribution is -0.870. The zero-order chi connectivity index (χ0) is 34.4. The Labute approximate surface area is 283 Å². The van der Waals surface area contributed by atoms with Crippen molar-refractivity contribution >= 4 is 13.7 Å². The molecule has 1 amide bonds. The molecule has 0 radical (unpaired) electrons. The van der Waals surface area contributed by atoms with Gasteiger partial charge < -0.3 is 28.8 Å². The van der Waals surface area contributed by atoms with E-state index in [4.69, 9.17) is 9.05 Å². The molecule has 0 heterocycles. The third-order valence-corrected chi connectivity index (χ3v) is 8.76. The minimum Gasteiger partial charge on any atom is -0.756 e. The van der Waals surface area contributed by atoms with Gasteiger partial charge in [-0.05, 0) is 44.9 Å². The van der Waals surface area contributed by atoms with Gasteiger partial charge in [-0.3, -0.25) is 9.36 Å². The Morgan fingerprint density at radius 1 is 0.739 bits per heavy atom. The number of phosphoric acid groups is 1. The van der Waals surface area contributed by atoms with E-state index in [9.17, 15) is 19.4 Å². The highest BCUT2D eigenvalue weighted by Gasteiger charge is 2.22. The SMILES string of the molecule is CCCCCCCCCCCCCCC/C=C/CC/C=C/CC/C=C/C(O)C(COP(=O)([O-])OCC[N+](C)(C)C)NC(=O)CCC. The summed E-state index contributed by atoms with van der Waals surface area (Å²) >= 11 is 0. The molecule has 270 valence electrons. The third-order valence-electron chi connectivity index (χ3n) is 7.80. The average Bonchev–Trinajstić information content (AvgIpc) is 2.98. The Morgan fingerprint density at radius 3 is 1.72 bits per heavy atom. The highest BCUT2D eigenvalue weighted by Crippen LogP contribution is 2.38. The predicted molar refractivity (Wildman–Crippen MR) is 191 cm³/mol. The zero-order valence-electron chi connectivity index (χ0n) is 30.3. The normalized spacial score (nSPS) is 15.2. The molecule has 3 unspecified atom stereocenters. The van der Waals surface area contributed by atoms with Gasteiger partial charge in [-0.2, -0.15) is 0 Å². The molecule has 0 saturated heterocycles. The summed E-state index contributed by atoms with van der Waals surface area (Å²) in [5.41, 5.74) is 0. The van der Waals surface area contributed by atoms with E-state index in [1.54, 1.807) is 6.08 Å². The van der Waals surface area contributed by atoms with Crippen LogP contribution in [0.4, 0.5) is 0 Å². The van der Waals surface area contributed by atoms with Gasteiger partial charge in [0.2, 0.25) is 5.91 Å². The number of quaternary nitrogens is 1. The standard InChI is InChI=1S/C37H71N2O6P/c1-6-8-9-10-11-12-13-14-15-16-17-18-19-20-21-22-23-24-25-26-27-28-29-31-36(40)35(38-37(41)30-7-2)34-45-46(42,43)44-33-32-39(3,4)5/h21-22,25-26,29,31,35-36,40H,6-20,23-24,27-28,30,32-34H2,1-5H3,(H-,38,41,42,43)/b22-21+,26-25+,31-29+. The number of carbonyl (C=O) groups is 1. The van der Waals surface area contributed by atoms with Crippen molar-refractivity contribution in [3.05, 3.63) is 36.5 Å². The monoisotopic (exact) mass is 671 g/mol. The molecule has 0 aromatic rings. The molecule has 0 rings (SSSR count). The maximum atomic E-state index is 12.2. The van der Waals surface area contributed by atoms with Crippen LogP contribution in [0.1, 0.15) is 142 Å². The number of nitrogens with one attached hydrogen (secondary N) is 1. The number of likely N-dealkylation sites (N-methyl/N-ethyl adjacent to an activating group) is 1. The first-order valence-electron chi connectivity index (χ1n) is 18.4. The van der Waals surface area contributed by atoms with Crippen molar-refractivity contribution in [1.29, 1.82) is 0 Å². The number of aliphatic hydroxyl groups is 1. The summed E-state index contributed by atoms with van der Waals surface area (Å²) in [7, 11) is 1.22. The fourth-order valence-corrected chi connectivity index (χ4v) is 5.60. The summed E-state index contributed by atoms with van der Waals surface area (Å²) in [6.07, 6.45) is 35.1. The van der Waals surface area contributed by atoms with Crippen LogP contribution in [-0.4, -0.2) is 68.5 Å². The zero-order valence-corrected chi connectivity index (χ0v) is 31.2. The molecule has 0 aliphatic rings. The van der Waals surface area contributed by atoms with Gasteiger partial charge in [-0.1, -0.05) is 127 Å². The molecule has 0 aromatic heterocycles. The molecular formula is C37H71N2O6P. The Hall–Kier alpha value is -1.28. The van der Waals surface area contributed by atoms with Gasteiger partial charge in [0.15, 0.2) is 0 Å². The number of allylic oxidation sites excluding steroid dienone is 5. The van der Waals surface area contributed by atoms with Crippen molar-refractivity contribution in [3.63, 3.8) is 0 Å². The van der Waals surface area contributed by atoms with Crippen LogP contribution >= 0.6 is 7.82 Å². The first-order chi connectivity index (χ1) is 22.0. The highest BCUT2D eigenvalue weighted by atomic mass is 31.2. The third kappa shape index (κ3) is 31.3. The maximum Gasteiger partial charge on any atom is 0.268 e. The second-order valence-electron chi connectivity index (χ2n) is 13.6. The maximum absolute atomic E-state index is 12.2. The lowest BCUT2D eigenvalue weighted by Gasteiger charge is -2.29. The second-order valence-corrected chi connectivity index (χ2v) is 15.0. The molecule has 0 aliphatic heterocycles. The van der Waals surface area contributed by atoms with Gasteiger partial charge in [-0.15, -0.1) is 0 Å². The van der Waals surface area contributed by atoms with Crippen molar-refractivity contribution in [3.8, 4) is 0 Å². The Balaban J connectivity index is 4.09. The molecule has 9 heteroatoms. The van der Waals surface area contributed by atoms with E-state index >= 15 is 0 Å². The second kappa shape index (κ2) is 29.8. The summed E-state index contributed by atoms with van der Waals surface area (Å²) in [4.78, 5) is 24.3. The fraction of sp³-hybridized carbons (Fsp3) is 0.811. The number of unbranched alkanes of at least 4 members (excludes halogenated alkanes) is 15. The Morgan fingerprint density at radius 2 is 1.22 bits per heavy atom. The number of hydrogen-bond donors (Lipinski definition) is 2. The van der Waals surface area contributed by atoms with Gasteiger partial charge in [0.25, 0.3) is 7.82 Å². The fourth-order valence-electron chi connectivity index (χ4n) is 4.87. The van der Waals surface area contributed by atoms with Crippen LogP contribution in [0.25, 0.3) is 0 Å². The first kappa shape index (κ1) is 44.7. The van der Waals surface area contributed by atoms with E-state index in [-0.39, 0.29) is 18.9 Å². The number of amides is 1. The summed E-state index contributed by atoms with van der Waals surface area (Å²) in [5.74, 6) is -0.267. The van der Waals surface area contributed by atoms with E-state index < -0.39 is 26.6 Å². The number of aliphatic hydroxyl groups excluding tert-OH is 1. The molecular weight excluding hydrogens is 599 g/mol. The molecule has 2 N–H and O–H groups in total. The smallest absolute Gasteiger partial charge is 0.268 e. The number of nitrogens with zero attached hydrogens (tertiary/aromatic N) is 1. The van der Waals surface area contributed by atoms with Crippen LogP contribution in [0.3, 0.4) is 0 Å². The molecule has 3 atom stereocenters. The first-order valence-corrected chi connectivity index (χ1v) is 19.8. The summed E-state index contributed by atoms with van der Waals surface area (Å²) in [5, 5.41) is 13.3. The molecule has 0 bridgehead atoms. The van der Waals surface area contributed by atoms with Crippen LogP contribution in [0, 0.1) is 0 Å². The number of rotatable bonds is 32. The van der Waals surface area contributed by atoms with Crippen molar-refractivity contribution in [2.45, 2.75) is 154 Å².